The highest BCUT2D eigenvalue weighted by Gasteiger charge is 2.14. The molecule has 0 fully saturated rings. The molecule has 1 aliphatic rings. The number of allylic oxidation sites excluding steroid dienone is 2. The normalized spacial score (nSPS) is 16.1. The standard InChI is InChI=1S/C10H13NO.C2H6/c1-3-5-8-6-7-11-10(12)9(8)4-2;1-2/h3-5H,2,6-7H2,1H3,(H,11,12);1-2H3/b5-3-;. The predicted octanol–water partition coefficient (Wildman–Crippen LogP) is 2.59. The van der Waals surface area contributed by atoms with E-state index >= 15 is 0 Å². The fraction of sp³-hybridized carbons (Fsp3) is 0.417. The summed E-state index contributed by atoms with van der Waals surface area (Å²) in [6.45, 7) is 10.3. The molecule has 14 heavy (non-hydrogen) atoms. The maximum absolute atomic E-state index is 11.2. The molecule has 1 rings (SSSR count). The van der Waals surface area contributed by atoms with Crippen molar-refractivity contribution in [3.05, 3.63) is 36.0 Å². The van der Waals surface area contributed by atoms with Gasteiger partial charge in [0.15, 0.2) is 0 Å². The lowest BCUT2D eigenvalue weighted by atomic mass is 10.0. The van der Waals surface area contributed by atoms with Crippen LogP contribution in [0.4, 0.5) is 0 Å². The van der Waals surface area contributed by atoms with Crippen molar-refractivity contribution < 1.29 is 4.79 Å². The van der Waals surface area contributed by atoms with Gasteiger partial charge in [0.1, 0.15) is 0 Å². The van der Waals surface area contributed by atoms with Gasteiger partial charge >= 0.3 is 0 Å². The summed E-state index contributed by atoms with van der Waals surface area (Å²) in [5.74, 6) is -0.00986. The molecule has 1 N–H and O–H groups in total. The molecular formula is C12H19NO. The average molecular weight is 193 g/mol. The highest BCUT2D eigenvalue weighted by atomic mass is 16.1. The molecule has 0 aliphatic carbocycles. The summed E-state index contributed by atoms with van der Waals surface area (Å²) in [6.07, 6.45) is 6.43. The Morgan fingerprint density at radius 3 is 2.57 bits per heavy atom. The van der Waals surface area contributed by atoms with Crippen LogP contribution >= 0.6 is 0 Å². The Bertz CT molecular complexity index is 261. The molecule has 0 saturated carbocycles. The number of rotatable bonds is 2. The molecule has 0 radical (unpaired) electrons. The quantitative estimate of drug-likeness (QED) is 0.717. The van der Waals surface area contributed by atoms with Crippen LogP contribution in [0.15, 0.2) is 36.0 Å². The first-order valence-electron chi connectivity index (χ1n) is 5.06. The Hall–Kier alpha value is -1.31. The average Bonchev–Trinajstić information content (AvgIpc) is 2.22. The highest BCUT2D eigenvalue weighted by Crippen LogP contribution is 2.15. The first-order chi connectivity index (χ1) is 6.79. The number of hydrogen-bond acceptors (Lipinski definition) is 1. The molecule has 0 saturated heterocycles. The first-order valence-corrected chi connectivity index (χ1v) is 5.06. The second-order valence-electron chi connectivity index (χ2n) is 2.65. The summed E-state index contributed by atoms with van der Waals surface area (Å²) in [6, 6.07) is 0. The highest BCUT2D eigenvalue weighted by molar-refractivity contribution is 5.98. The van der Waals surface area contributed by atoms with E-state index in [4.69, 9.17) is 0 Å². The molecule has 1 amide bonds. The van der Waals surface area contributed by atoms with Crippen molar-refractivity contribution in [3.63, 3.8) is 0 Å². The Morgan fingerprint density at radius 1 is 1.43 bits per heavy atom. The van der Waals surface area contributed by atoms with Gasteiger partial charge in [-0.15, -0.1) is 0 Å². The van der Waals surface area contributed by atoms with Crippen LogP contribution in [0.3, 0.4) is 0 Å². The Morgan fingerprint density at radius 2 is 2.07 bits per heavy atom. The van der Waals surface area contributed by atoms with Crippen LogP contribution in [0.1, 0.15) is 27.2 Å². The predicted molar refractivity (Wildman–Crippen MR) is 61.0 cm³/mol. The fourth-order valence-electron chi connectivity index (χ4n) is 1.28. The van der Waals surface area contributed by atoms with Gasteiger partial charge in [0.2, 0.25) is 0 Å². The van der Waals surface area contributed by atoms with Crippen LogP contribution in [-0.4, -0.2) is 12.5 Å². The molecule has 0 aromatic heterocycles. The van der Waals surface area contributed by atoms with Crippen LogP contribution in [0.2, 0.25) is 0 Å². The van der Waals surface area contributed by atoms with Crippen molar-refractivity contribution in [2.45, 2.75) is 27.2 Å². The molecule has 0 aromatic rings. The summed E-state index contributed by atoms with van der Waals surface area (Å²) < 4.78 is 0. The molecule has 0 spiro atoms. The molecule has 2 heteroatoms. The van der Waals surface area contributed by atoms with Gasteiger partial charge < -0.3 is 5.32 Å². The Kier molecular flexibility index (Phi) is 6.46. The fourth-order valence-corrected chi connectivity index (χ4v) is 1.28. The summed E-state index contributed by atoms with van der Waals surface area (Å²) in [5.41, 5.74) is 1.79. The van der Waals surface area contributed by atoms with Crippen molar-refractivity contribution in [1.82, 2.24) is 5.32 Å². The summed E-state index contributed by atoms with van der Waals surface area (Å²) in [4.78, 5) is 11.2. The van der Waals surface area contributed by atoms with Gasteiger partial charge in [0.05, 0.1) is 0 Å². The van der Waals surface area contributed by atoms with Crippen LogP contribution < -0.4 is 5.32 Å². The number of amides is 1. The van der Waals surface area contributed by atoms with Crippen LogP contribution in [0.5, 0.6) is 0 Å². The molecule has 0 aromatic carbocycles. The third kappa shape index (κ3) is 3.21. The number of carbonyl (C=O) groups excluding carboxylic acids is 1. The zero-order valence-electron chi connectivity index (χ0n) is 9.26. The van der Waals surface area contributed by atoms with E-state index in [1.165, 1.54) is 0 Å². The largest absolute Gasteiger partial charge is 0.352 e. The monoisotopic (exact) mass is 193 g/mol. The van der Waals surface area contributed by atoms with Gasteiger partial charge in [0, 0.05) is 12.1 Å². The second kappa shape index (κ2) is 7.13. The van der Waals surface area contributed by atoms with Gasteiger partial charge in [0.25, 0.3) is 5.91 Å². The lowest BCUT2D eigenvalue weighted by Crippen LogP contribution is -2.30. The van der Waals surface area contributed by atoms with Crippen molar-refractivity contribution in [2.24, 2.45) is 0 Å². The van der Waals surface area contributed by atoms with Crippen molar-refractivity contribution in [3.8, 4) is 0 Å². The van der Waals surface area contributed by atoms with E-state index in [9.17, 15) is 4.79 Å². The van der Waals surface area contributed by atoms with Crippen LogP contribution in [0, 0.1) is 0 Å². The van der Waals surface area contributed by atoms with Gasteiger partial charge in [-0.2, -0.15) is 0 Å². The van der Waals surface area contributed by atoms with Crippen molar-refractivity contribution >= 4 is 5.91 Å². The SMILES string of the molecule is C=CC1=C(/C=C\C)CCNC1=O.CC. The van der Waals surface area contributed by atoms with Crippen molar-refractivity contribution in [1.29, 1.82) is 0 Å². The smallest absolute Gasteiger partial charge is 0.251 e. The topological polar surface area (TPSA) is 29.1 Å². The van der Waals surface area contributed by atoms with E-state index < -0.39 is 0 Å². The molecule has 2 nitrogen and oxygen atoms in total. The molecule has 0 unspecified atom stereocenters. The second-order valence-corrected chi connectivity index (χ2v) is 2.65. The summed E-state index contributed by atoms with van der Waals surface area (Å²) in [7, 11) is 0. The third-order valence-corrected chi connectivity index (χ3v) is 1.84. The number of hydrogen-bond donors (Lipinski definition) is 1. The Balaban J connectivity index is 0.000000791. The molecule has 0 bridgehead atoms. The minimum Gasteiger partial charge on any atom is -0.352 e. The summed E-state index contributed by atoms with van der Waals surface area (Å²) >= 11 is 0. The van der Waals surface area contributed by atoms with Crippen LogP contribution in [0.25, 0.3) is 0 Å². The minimum atomic E-state index is -0.00986. The van der Waals surface area contributed by atoms with Crippen molar-refractivity contribution in [2.75, 3.05) is 6.54 Å². The molecular weight excluding hydrogens is 174 g/mol. The van der Waals surface area contributed by atoms with E-state index in [2.05, 4.69) is 11.9 Å². The van der Waals surface area contributed by atoms with Crippen LogP contribution in [-0.2, 0) is 4.79 Å². The number of nitrogens with one attached hydrogen (secondary N) is 1. The zero-order valence-corrected chi connectivity index (χ0v) is 9.26. The molecule has 1 heterocycles. The molecule has 0 atom stereocenters. The maximum atomic E-state index is 11.2. The van der Waals surface area contributed by atoms with E-state index in [1.54, 1.807) is 6.08 Å². The van der Waals surface area contributed by atoms with Gasteiger partial charge in [-0.05, 0) is 18.9 Å². The number of carbonyl (C=O) groups is 1. The van der Waals surface area contributed by atoms with Gasteiger partial charge in [-0.25, -0.2) is 0 Å². The van der Waals surface area contributed by atoms with E-state index in [0.717, 1.165) is 18.5 Å². The third-order valence-electron chi connectivity index (χ3n) is 1.84. The summed E-state index contributed by atoms with van der Waals surface area (Å²) in [5, 5.41) is 2.77. The lowest BCUT2D eigenvalue weighted by molar-refractivity contribution is -0.117. The van der Waals surface area contributed by atoms with Gasteiger partial charge in [-0.1, -0.05) is 38.7 Å². The lowest BCUT2D eigenvalue weighted by Gasteiger charge is -2.15. The van der Waals surface area contributed by atoms with E-state index in [0.29, 0.717) is 5.57 Å². The zero-order chi connectivity index (χ0) is 11.0. The van der Waals surface area contributed by atoms with E-state index in [-0.39, 0.29) is 5.91 Å². The minimum absolute atomic E-state index is 0.00986. The Labute approximate surface area is 86.4 Å². The first kappa shape index (κ1) is 12.7. The maximum Gasteiger partial charge on any atom is 0.251 e. The molecule has 78 valence electrons. The van der Waals surface area contributed by atoms with Gasteiger partial charge in [-0.3, -0.25) is 4.79 Å². The van der Waals surface area contributed by atoms with E-state index in [1.807, 2.05) is 32.9 Å². The molecule has 1 aliphatic heterocycles.